The fourth-order valence-corrected chi connectivity index (χ4v) is 4.97. The lowest BCUT2D eigenvalue weighted by Gasteiger charge is -2.13. The maximum absolute atomic E-state index is 11.8. The number of hydrogen-bond donors (Lipinski definition) is 3. The first-order chi connectivity index (χ1) is 19.8. The molecule has 3 N–H and O–H groups in total. The first-order valence-electron chi connectivity index (χ1n) is 13.7. The van der Waals surface area contributed by atoms with Crippen LogP contribution in [0.5, 0.6) is 0 Å². The Kier molecular flexibility index (Phi) is 22.0. The number of hydrogen-bond acceptors (Lipinski definition) is 11. The van der Waals surface area contributed by atoms with Crippen LogP contribution in [0.25, 0.3) is 0 Å². The average molecular weight is 621 g/mol. The van der Waals surface area contributed by atoms with Gasteiger partial charge in [-0.3, -0.25) is 28.9 Å². The van der Waals surface area contributed by atoms with Crippen LogP contribution in [-0.2, 0) is 42.9 Å². The van der Waals surface area contributed by atoms with Gasteiger partial charge in [0.05, 0.1) is 52.9 Å². The third-order valence-corrected chi connectivity index (χ3v) is 7.73. The number of nitrogens with zero attached hydrogens (tertiary/aromatic N) is 1. The van der Waals surface area contributed by atoms with E-state index in [1.165, 1.54) is 0 Å². The molecule has 0 unspecified atom stereocenters. The quantitative estimate of drug-likeness (QED) is 0.0528. The van der Waals surface area contributed by atoms with Crippen LogP contribution in [0.15, 0.2) is 12.2 Å². The van der Waals surface area contributed by atoms with Gasteiger partial charge in [-0.2, -0.15) is 0 Å². The van der Waals surface area contributed by atoms with Crippen LogP contribution >= 0.6 is 21.6 Å². The predicted octanol–water partition coefficient (Wildman–Crippen LogP) is 0.288. The average Bonchev–Trinajstić information content (AvgIpc) is 3.27. The van der Waals surface area contributed by atoms with Crippen molar-refractivity contribution in [2.24, 2.45) is 0 Å². The first kappa shape index (κ1) is 36.9. The van der Waals surface area contributed by atoms with Gasteiger partial charge in [-0.05, 0) is 6.92 Å². The van der Waals surface area contributed by atoms with Gasteiger partial charge in [0, 0.05) is 68.9 Å². The van der Waals surface area contributed by atoms with Gasteiger partial charge in [-0.15, -0.1) is 0 Å². The molecule has 13 nitrogen and oxygen atoms in total. The number of amides is 5. The Morgan fingerprint density at radius 1 is 0.707 bits per heavy atom. The maximum Gasteiger partial charge on any atom is 0.246 e. The number of likely N-dealkylation sites (tertiary alicyclic amines) is 1. The molecule has 1 rings (SSSR count). The van der Waals surface area contributed by atoms with Crippen molar-refractivity contribution >= 4 is 51.1 Å². The second-order valence-corrected chi connectivity index (χ2v) is 11.5. The lowest BCUT2D eigenvalue weighted by atomic mass is 10.3. The van der Waals surface area contributed by atoms with Crippen molar-refractivity contribution < 1.29 is 42.9 Å². The normalized spacial score (nSPS) is 13.0. The maximum atomic E-state index is 11.8. The minimum atomic E-state index is -0.234. The number of carbonyl (C=O) groups is 5. The van der Waals surface area contributed by atoms with E-state index in [0.29, 0.717) is 78.1 Å². The Hall–Kier alpha value is -2.17. The Bertz CT molecular complexity index is 817. The van der Waals surface area contributed by atoms with Gasteiger partial charge in [0.1, 0.15) is 0 Å². The fraction of sp³-hybridized carbons (Fsp3) is 0.731. The summed E-state index contributed by atoms with van der Waals surface area (Å²) in [6.45, 7) is 9.92. The molecule has 0 aromatic heterocycles. The van der Waals surface area contributed by atoms with E-state index in [2.05, 4.69) is 22.5 Å². The van der Waals surface area contributed by atoms with Crippen molar-refractivity contribution in [1.82, 2.24) is 20.9 Å². The molecule has 0 saturated carbocycles. The molecule has 0 aromatic rings. The van der Waals surface area contributed by atoms with E-state index in [-0.39, 0.29) is 61.8 Å². The zero-order valence-corrected chi connectivity index (χ0v) is 25.5. The molecular weight excluding hydrogens is 576 g/mol. The Morgan fingerprint density at radius 3 is 1.73 bits per heavy atom. The summed E-state index contributed by atoms with van der Waals surface area (Å²) in [5.74, 6) is 0.697. The highest BCUT2D eigenvalue weighted by Crippen LogP contribution is 2.19. The van der Waals surface area contributed by atoms with Gasteiger partial charge in [0.25, 0.3) is 0 Å². The van der Waals surface area contributed by atoms with Crippen molar-refractivity contribution in [2.75, 3.05) is 90.5 Å². The van der Waals surface area contributed by atoms with E-state index in [9.17, 15) is 24.0 Å². The van der Waals surface area contributed by atoms with Crippen LogP contribution < -0.4 is 16.0 Å². The van der Waals surface area contributed by atoms with E-state index in [1.807, 2.05) is 0 Å². The number of carbonyl (C=O) groups excluding carboxylic acids is 5. The zero-order valence-electron chi connectivity index (χ0n) is 23.9. The smallest absolute Gasteiger partial charge is 0.246 e. The number of imide groups is 1. The molecule has 0 bridgehead atoms. The molecule has 1 aliphatic heterocycles. The molecular formula is C26H44N4O9S2. The van der Waals surface area contributed by atoms with E-state index in [0.717, 1.165) is 16.4 Å². The molecule has 0 atom stereocenters. The Balaban J connectivity index is 1.76. The molecule has 1 saturated heterocycles. The summed E-state index contributed by atoms with van der Waals surface area (Å²) in [5.41, 5.74) is 0.497. The van der Waals surface area contributed by atoms with E-state index in [4.69, 9.17) is 18.9 Å². The SMILES string of the molecule is C=C(C)C(=O)NCCSSCCNC(=O)CCOCCOCCOCCOCCNC(=O)CCN1C(=O)CCC1=O. The minimum Gasteiger partial charge on any atom is -0.379 e. The zero-order chi connectivity index (χ0) is 30.1. The highest BCUT2D eigenvalue weighted by Gasteiger charge is 2.28. The minimum absolute atomic E-state index is 0.0591. The Labute approximate surface area is 249 Å². The Morgan fingerprint density at radius 2 is 1.17 bits per heavy atom. The van der Waals surface area contributed by atoms with Gasteiger partial charge in [0.2, 0.25) is 29.5 Å². The molecule has 0 aliphatic carbocycles. The number of nitrogens with one attached hydrogen (secondary N) is 3. The third kappa shape index (κ3) is 20.4. The largest absolute Gasteiger partial charge is 0.379 e. The summed E-state index contributed by atoms with van der Waals surface area (Å²) < 4.78 is 21.6. The van der Waals surface area contributed by atoms with Gasteiger partial charge < -0.3 is 34.9 Å². The third-order valence-electron chi connectivity index (χ3n) is 5.32. The van der Waals surface area contributed by atoms with Crippen LogP contribution in [0.1, 0.15) is 32.6 Å². The first-order valence-corrected chi connectivity index (χ1v) is 16.2. The topological polar surface area (TPSA) is 162 Å². The van der Waals surface area contributed by atoms with Gasteiger partial charge >= 0.3 is 0 Å². The second-order valence-electron chi connectivity index (χ2n) is 8.77. The molecule has 1 heterocycles. The summed E-state index contributed by atoms with van der Waals surface area (Å²) in [7, 11) is 3.28. The molecule has 41 heavy (non-hydrogen) atoms. The summed E-state index contributed by atoms with van der Waals surface area (Å²) in [5, 5.41) is 8.29. The van der Waals surface area contributed by atoms with Crippen LogP contribution in [-0.4, -0.2) is 125 Å². The monoisotopic (exact) mass is 620 g/mol. The van der Waals surface area contributed by atoms with Gasteiger partial charge in [-0.1, -0.05) is 28.2 Å². The molecule has 0 aromatic carbocycles. The lowest BCUT2D eigenvalue weighted by Crippen LogP contribution is -2.35. The van der Waals surface area contributed by atoms with Crippen molar-refractivity contribution in [1.29, 1.82) is 0 Å². The molecule has 15 heteroatoms. The summed E-state index contributed by atoms with van der Waals surface area (Å²) in [6.07, 6.45) is 0.825. The van der Waals surface area contributed by atoms with Crippen LogP contribution in [0.4, 0.5) is 0 Å². The molecule has 1 aliphatic rings. The van der Waals surface area contributed by atoms with Crippen molar-refractivity contribution in [3.63, 3.8) is 0 Å². The van der Waals surface area contributed by atoms with E-state index in [1.54, 1.807) is 28.5 Å². The van der Waals surface area contributed by atoms with E-state index < -0.39 is 0 Å². The highest BCUT2D eigenvalue weighted by atomic mass is 33.1. The number of rotatable bonds is 26. The van der Waals surface area contributed by atoms with Crippen molar-refractivity contribution in [3.05, 3.63) is 12.2 Å². The predicted molar refractivity (Wildman–Crippen MR) is 157 cm³/mol. The van der Waals surface area contributed by atoms with Crippen molar-refractivity contribution in [3.8, 4) is 0 Å². The van der Waals surface area contributed by atoms with Crippen LogP contribution in [0.3, 0.4) is 0 Å². The molecule has 234 valence electrons. The molecule has 1 fully saturated rings. The fourth-order valence-electron chi connectivity index (χ4n) is 3.16. The molecule has 0 spiro atoms. The summed E-state index contributed by atoms with van der Waals surface area (Å²) in [4.78, 5) is 59.0. The molecule has 0 radical (unpaired) electrons. The van der Waals surface area contributed by atoms with Crippen LogP contribution in [0.2, 0.25) is 0 Å². The standard InChI is InChI=1S/C26H44N4O9S2/c1-21(2)26(35)29-9-20-41-40-19-8-28-23(32)6-11-36-13-15-38-17-18-39-16-14-37-12-7-27-22(31)5-10-30-24(33)3-4-25(30)34/h1,3-20H2,2H3,(H,27,31)(H,28,32)(H,29,35). The summed E-state index contributed by atoms with van der Waals surface area (Å²) >= 11 is 0. The lowest BCUT2D eigenvalue weighted by molar-refractivity contribution is -0.138. The van der Waals surface area contributed by atoms with Gasteiger partial charge in [-0.25, -0.2) is 0 Å². The van der Waals surface area contributed by atoms with Crippen molar-refractivity contribution in [2.45, 2.75) is 32.6 Å². The van der Waals surface area contributed by atoms with E-state index >= 15 is 0 Å². The molecule has 5 amide bonds. The number of ether oxygens (including phenoxy) is 4. The van der Waals surface area contributed by atoms with Gasteiger partial charge in [0.15, 0.2) is 0 Å². The van der Waals surface area contributed by atoms with Crippen LogP contribution in [0, 0.1) is 0 Å². The summed E-state index contributed by atoms with van der Waals surface area (Å²) in [6, 6.07) is 0. The highest BCUT2D eigenvalue weighted by molar-refractivity contribution is 8.76. The second kappa shape index (κ2) is 24.4.